The first-order valence-corrected chi connectivity index (χ1v) is 3.24. The molecule has 0 atom stereocenters. The Morgan fingerprint density at radius 2 is 2.50 bits per heavy atom. The SMILES string of the molecule is Cn1cc([N+](=O)[O-])nc1Br. The predicted octanol–water partition coefficient (Wildman–Crippen LogP) is 1.09. The van der Waals surface area contributed by atoms with E-state index in [4.69, 9.17) is 0 Å². The zero-order valence-electron chi connectivity index (χ0n) is 5.11. The van der Waals surface area contributed by atoms with Crippen molar-refractivity contribution in [3.8, 4) is 0 Å². The predicted molar refractivity (Wildman–Crippen MR) is 37.6 cm³/mol. The minimum absolute atomic E-state index is 0.144. The zero-order valence-corrected chi connectivity index (χ0v) is 6.70. The first kappa shape index (κ1) is 7.20. The van der Waals surface area contributed by atoms with Crippen LogP contribution in [0.5, 0.6) is 0 Å². The van der Waals surface area contributed by atoms with E-state index in [9.17, 15) is 10.1 Å². The number of hydrogen-bond donors (Lipinski definition) is 0. The lowest BCUT2D eigenvalue weighted by atomic mass is 10.8. The quantitative estimate of drug-likeness (QED) is 0.510. The molecule has 0 saturated carbocycles. The molecule has 0 saturated heterocycles. The minimum atomic E-state index is -0.537. The molecule has 0 bridgehead atoms. The second-order valence-corrected chi connectivity index (χ2v) is 2.45. The van der Waals surface area contributed by atoms with Crippen LogP contribution in [0, 0.1) is 10.1 Å². The van der Waals surface area contributed by atoms with Gasteiger partial charge in [0.05, 0.1) is 0 Å². The van der Waals surface area contributed by atoms with E-state index < -0.39 is 4.92 Å². The fraction of sp³-hybridized carbons (Fsp3) is 0.250. The summed E-state index contributed by atoms with van der Waals surface area (Å²) in [5, 5.41) is 10.1. The van der Waals surface area contributed by atoms with Gasteiger partial charge in [0.2, 0.25) is 0 Å². The van der Waals surface area contributed by atoms with E-state index in [1.165, 1.54) is 10.8 Å². The molecule has 0 aliphatic rings. The molecule has 0 aliphatic heterocycles. The first-order valence-electron chi connectivity index (χ1n) is 2.44. The van der Waals surface area contributed by atoms with Gasteiger partial charge in [-0.05, 0) is 9.91 Å². The number of nitro groups is 1. The van der Waals surface area contributed by atoms with Crippen LogP contribution >= 0.6 is 15.9 Å². The highest BCUT2D eigenvalue weighted by Crippen LogP contribution is 2.13. The van der Waals surface area contributed by atoms with E-state index in [1.54, 1.807) is 7.05 Å². The largest absolute Gasteiger partial charge is 0.382 e. The van der Waals surface area contributed by atoms with Crippen LogP contribution in [0.3, 0.4) is 0 Å². The fourth-order valence-electron chi connectivity index (χ4n) is 0.517. The Balaban J connectivity index is 3.10. The lowest BCUT2D eigenvalue weighted by Gasteiger charge is -1.83. The van der Waals surface area contributed by atoms with Gasteiger partial charge < -0.3 is 14.7 Å². The average molecular weight is 206 g/mol. The first-order chi connectivity index (χ1) is 4.61. The van der Waals surface area contributed by atoms with Crippen LogP contribution in [-0.2, 0) is 7.05 Å². The second kappa shape index (κ2) is 2.37. The van der Waals surface area contributed by atoms with Crippen LogP contribution in [0.2, 0.25) is 0 Å². The van der Waals surface area contributed by atoms with Crippen molar-refractivity contribution in [1.29, 1.82) is 0 Å². The summed E-state index contributed by atoms with van der Waals surface area (Å²) in [6.45, 7) is 0. The third-order valence-corrected chi connectivity index (χ3v) is 1.73. The molecule has 0 spiro atoms. The number of imidazole rings is 1. The Morgan fingerprint density at radius 3 is 2.70 bits per heavy atom. The van der Waals surface area contributed by atoms with Crippen molar-refractivity contribution in [2.75, 3.05) is 0 Å². The molecular weight excluding hydrogens is 202 g/mol. The maximum Gasteiger partial charge on any atom is 0.382 e. The Bertz CT molecular complexity index is 250. The lowest BCUT2D eigenvalue weighted by Crippen LogP contribution is -1.86. The molecule has 5 nitrogen and oxygen atoms in total. The van der Waals surface area contributed by atoms with Crippen LogP contribution in [0.1, 0.15) is 0 Å². The highest BCUT2D eigenvalue weighted by molar-refractivity contribution is 9.10. The smallest absolute Gasteiger partial charge is 0.358 e. The van der Waals surface area contributed by atoms with Crippen LogP contribution in [0.15, 0.2) is 10.9 Å². The van der Waals surface area contributed by atoms with Gasteiger partial charge in [-0.25, -0.2) is 0 Å². The van der Waals surface area contributed by atoms with Crippen LogP contribution < -0.4 is 0 Å². The van der Waals surface area contributed by atoms with Gasteiger partial charge >= 0.3 is 5.82 Å². The molecule has 6 heteroatoms. The van der Waals surface area contributed by atoms with E-state index in [2.05, 4.69) is 20.9 Å². The molecule has 54 valence electrons. The van der Waals surface area contributed by atoms with Crippen LogP contribution in [0.4, 0.5) is 5.82 Å². The van der Waals surface area contributed by atoms with Gasteiger partial charge in [0.1, 0.15) is 6.20 Å². The molecule has 0 radical (unpaired) electrons. The molecule has 1 heterocycles. The van der Waals surface area contributed by atoms with Crippen molar-refractivity contribution in [3.63, 3.8) is 0 Å². The molecule has 1 aromatic heterocycles. The summed E-state index contributed by atoms with van der Waals surface area (Å²) in [5.41, 5.74) is 0. The molecule has 0 unspecified atom stereocenters. The van der Waals surface area contributed by atoms with E-state index in [1.807, 2.05) is 0 Å². The highest BCUT2D eigenvalue weighted by atomic mass is 79.9. The van der Waals surface area contributed by atoms with Gasteiger partial charge in [0.15, 0.2) is 0 Å². The van der Waals surface area contributed by atoms with Crippen LogP contribution in [-0.4, -0.2) is 14.5 Å². The lowest BCUT2D eigenvalue weighted by molar-refractivity contribution is -0.389. The van der Waals surface area contributed by atoms with E-state index in [0.29, 0.717) is 4.73 Å². The van der Waals surface area contributed by atoms with Crippen molar-refractivity contribution in [3.05, 3.63) is 21.0 Å². The average Bonchev–Trinajstić information content (AvgIpc) is 2.13. The number of hydrogen-bond acceptors (Lipinski definition) is 3. The molecule has 0 aliphatic carbocycles. The Morgan fingerprint density at radius 1 is 1.90 bits per heavy atom. The summed E-state index contributed by atoms with van der Waals surface area (Å²) >= 11 is 3.03. The summed E-state index contributed by atoms with van der Waals surface area (Å²) in [5.74, 6) is -0.144. The summed E-state index contributed by atoms with van der Waals surface area (Å²) in [6.07, 6.45) is 1.34. The maximum atomic E-state index is 10.1. The monoisotopic (exact) mass is 205 g/mol. The van der Waals surface area contributed by atoms with Crippen molar-refractivity contribution in [2.24, 2.45) is 7.05 Å². The molecule has 1 rings (SSSR count). The van der Waals surface area contributed by atoms with Gasteiger partial charge in [-0.1, -0.05) is 0 Å². The van der Waals surface area contributed by atoms with E-state index >= 15 is 0 Å². The number of halogens is 1. The Kier molecular flexibility index (Phi) is 1.71. The molecular formula is C4H4BrN3O2. The van der Waals surface area contributed by atoms with Gasteiger partial charge in [0, 0.05) is 23.0 Å². The van der Waals surface area contributed by atoms with Gasteiger partial charge in [-0.15, -0.1) is 0 Å². The van der Waals surface area contributed by atoms with Crippen LogP contribution in [0.25, 0.3) is 0 Å². The van der Waals surface area contributed by atoms with Gasteiger partial charge in [-0.3, -0.25) is 0 Å². The van der Waals surface area contributed by atoms with Crippen molar-refractivity contribution in [2.45, 2.75) is 0 Å². The zero-order chi connectivity index (χ0) is 7.72. The number of aryl methyl sites for hydroxylation is 1. The van der Waals surface area contributed by atoms with Gasteiger partial charge in [-0.2, -0.15) is 0 Å². The van der Waals surface area contributed by atoms with E-state index in [-0.39, 0.29) is 5.82 Å². The molecule has 1 aromatic rings. The van der Waals surface area contributed by atoms with Gasteiger partial charge in [0.25, 0.3) is 4.73 Å². The molecule has 10 heavy (non-hydrogen) atoms. The maximum absolute atomic E-state index is 10.1. The summed E-state index contributed by atoms with van der Waals surface area (Å²) in [7, 11) is 1.67. The molecule has 0 N–H and O–H groups in total. The number of rotatable bonds is 1. The standard InChI is InChI=1S/C4H4BrN3O2/c1-7-2-3(8(9)10)6-4(7)5/h2H,1H3. The van der Waals surface area contributed by atoms with Crippen molar-refractivity contribution in [1.82, 2.24) is 9.55 Å². The summed E-state index contributed by atoms with van der Waals surface area (Å²) < 4.78 is 1.98. The molecule has 0 aromatic carbocycles. The summed E-state index contributed by atoms with van der Waals surface area (Å²) in [6, 6.07) is 0. The Labute approximate surface area is 65.0 Å². The third-order valence-electron chi connectivity index (χ3n) is 0.994. The number of aromatic nitrogens is 2. The normalized spacial score (nSPS) is 9.80. The summed E-state index contributed by atoms with van der Waals surface area (Å²) in [4.78, 5) is 13.1. The van der Waals surface area contributed by atoms with E-state index in [0.717, 1.165) is 0 Å². The Hall–Kier alpha value is -0.910. The minimum Gasteiger partial charge on any atom is -0.358 e. The molecule has 0 fully saturated rings. The topological polar surface area (TPSA) is 61.0 Å². The number of nitrogens with zero attached hydrogens (tertiary/aromatic N) is 3. The van der Waals surface area contributed by atoms with Crippen molar-refractivity contribution >= 4 is 21.7 Å². The second-order valence-electron chi connectivity index (χ2n) is 1.74. The third kappa shape index (κ3) is 1.15. The highest BCUT2D eigenvalue weighted by Gasteiger charge is 2.12. The molecule has 0 amide bonds. The fourth-order valence-corrected chi connectivity index (χ4v) is 0.801. The van der Waals surface area contributed by atoms with Crippen molar-refractivity contribution < 1.29 is 4.92 Å².